The van der Waals surface area contributed by atoms with Gasteiger partial charge >= 0.3 is 0 Å². The van der Waals surface area contributed by atoms with Crippen LogP contribution in [0.1, 0.15) is 26.7 Å². The SMILES string of the molecule is CCN(CC)CCCCN(C)c1ccnc2ccccc12. The molecule has 0 atom stereocenters. The van der Waals surface area contributed by atoms with E-state index in [0.717, 1.165) is 25.2 Å². The zero-order valence-corrected chi connectivity index (χ0v) is 13.5. The minimum Gasteiger partial charge on any atom is -0.374 e. The van der Waals surface area contributed by atoms with Gasteiger partial charge in [-0.15, -0.1) is 0 Å². The molecule has 0 fully saturated rings. The van der Waals surface area contributed by atoms with Crippen molar-refractivity contribution < 1.29 is 0 Å². The lowest BCUT2D eigenvalue weighted by Crippen LogP contribution is -2.25. The van der Waals surface area contributed by atoms with Gasteiger partial charge in [-0.05, 0) is 44.6 Å². The van der Waals surface area contributed by atoms with Crippen molar-refractivity contribution >= 4 is 16.6 Å². The van der Waals surface area contributed by atoms with Crippen LogP contribution >= 0.6 is 0 Å². The van der Waals surface area contributed by atoms with E-state index in [1.807, 2.05) is 12.3 Å². The highest BCUT2D eigenvalue weighted by Gasteiger charge is 2.06. The van der Waals surface area contributed by atoms with E-state index in [4.69, 9.17) is 0 Å². The molecule has 0 N–H and O–H groups in total. The van der Waals surface area contributed by atoms with Crippen LogP contribution in [-0.4, -0.2) is 43.1 Å². The van der Waals surface area contributed by atoms with Crippen molar-refractivity contribution in [2.24, 2.45) is 0 Å². The minimum absolute atomic E-state index is 1.07. The Bertz CT molecular complexity index is 544. The van der Waals surface area contributed by atoms with Gasteiger partial charge in [0.1, 0.15) is 0 Å². The maximum atomic E-state index is 4.43. The van der Waals surface area contributed by atoms with Gasteiger partial charge in [0.05, 0.1) is 5.52 Å². The Kier molecular flexibility index (Phi) is 6.00. The molecule has 0 spiro atoms. The normalized spacial score (nSPS) is 11.2. The average Bonchev–Trinajstić information content (AvgIpc) is 2.54. The fourth-order valence-corrected chi connectivity index (χ4v) is 2.76. The first-order valence-corrected chi connectivity index (χ1v) is 8.03. The molecule has 2 aromatic rings. The number of hydrogen-bond acceptors (Lipinski definition) is 3. The van der Waals surface area contributed by atoms with Crippen LogP contribution in [0.3, 0.4) is 0 Å². The van der Waals surface area contributed by atoms with E-state index in [1.54, 1.807) is 0 Å². The first-order valence-electron chi connectivity index (χ1n) is 8.03. The lowest BCUT2D eigenvalue weighted by Gasteiger charge is -2.22. The Morgan fingerprint density at radius 2 is 1.67 bits per heavy atom. The molecule has 0 aliphatic heterocycles. The smallest absolute Gasteiger partial charge is 0.0722 e. The van der Waals surface area contributed by atoms with Gasteiger partial charge in [-0.2, -0.15) is 0 Å². The van der Waals surface area contributed by atoms with Crippen molar-refractivity contribution in [1.82, 2.24) is 9.88 Å². The molecule has 0 aliphatic rings. The van der Waals surface area contributed by atoms with Crippen molar-refractivity contribution in [3.63, 3.8) is 0 Å². The second kappa shape index (κ2) is 7.99. The molecule has 0 aliphatic carbocycles. The number of rotatable bonds is 8. The lowest BCUT2D eigenvalue weighted by atomic mass is 10.1. The Balaban J connectivity index is 1.92. The van der Waals surface area contributed by atoms with E-state index in [-0.39, 0.29) is 0 Å². The molecule has 3 nitrogen and oxygen atoms in total. The van der Waals surface area contributed by atoms with Crippen molar-refractivity contribution in [3.05, 3.63) is 36.5 Å². The third-order valence-corrected chi connectivity index (χ3v) is 4.15. The molecule has 1 heterocycles. The maximum absolute atomic E-state index is 4.43. The highest BCUT2D eigenvalue weighted by molar-refractivity contribution is 5.91. The van der Waals surface area contributed by atoms with E-state index in [1.165, 1.54) is 30.5 Å². The second-order valence-electron chi connectivity index (χ2n) is 5.50. The van der Waals surface area contributed by atoms with Crippen LogP contribution in [0.2, 0.25) is 0 Å². The molecule has 0 unspecified atom stereocenters. The first-order chi connectivity index (χ1) is 10.3. The molecule has 114 valence electrons. The van der Waals surface area contributed by atoms with Crippen LogP contribution in [0.25, 0.3) is 10.9 Å². The van der Waals surface area contributed by atoms with Crippen molar-refractivity contribution in [1.29, 1.82) is 0 Å². The standard InChI is InChI=1S/C18H27N3/c1-4-21(5-2)15-9-8-14-20(3)18-12-13-19-17-11-7-6-10-16(17)18/h6-7,10-13H,4-5,8-9,14-15H2,1-3H3. The summed E-state index contributed by atoms with van der Waals surface area (Å²) >= 11 is 0. The van der Waals surface area contributed by atoms with Crippen molar-refractivity contribution in [2.45, 2.75) is 26.7 Å². The van der Waals surface area contributed by atoms with Crippen LogP contribution in [0.5, 0.6) is 0 Å². The van der Waals surface area contributed by atoms with Gasteiger partial charge in [-0.1, -0.05) is 32.0 Å². The lowest BCUT2D eigenvalue weighted by molar-refractivity contribution is 0.297. The van der Waals surface area contributed by atoms with Gasteiger partial charge in [-0.3, -0.25) is 4.98 Å². The fourth-order valence-electron chi connectivity index (χ4n) is 2.76. The average molecular weight is 285 g/mol. The van der Waals surface area contributed by atoms with Gasteiger partial charge in [0.15, 0.2) is 0 Å². The molecule has 0 bridgehead atoms. The fraction of sp³-hybridized carbons (Fsp3) is 0.500. The van der Waals surface area contributed by atoms with Crippen LogP contribution < -0.4 is 4.90 Å². The van der Waals surface area contributed by atoms with E-state index in [2.05, 4.69) is 59.9 Å². The molecule has 1 aromatic carbocycles. The third kappa shape index (κ3) is 4.18. The molecular formula is C18H27N3. The van der Waals surface area contributed by atoms with Gasteiger partial charge in [-0.25, -0.2) is 0 Å². The van der Waals surface area contributed by atoms with E-state index in [0.29, 0.717) is 0 Å². The summed E-state index contributed by atoms with van der Waals surface area (Å²) in [5.41, 5.74) is 2.36. The van der Waals surface area contributed by atoms with E-state index < -0.39 is 0 Å². The van der Waals surface area contributed by atoms with Crippen LogP contribution in [0.4, 0.5) is 5.69 Å². The third-order valence-electron chi connectivity index (χ3n) is 4.15. The maximum Gasteiger partial charge on any atom is 0.0722 e. The predicted molar refractivity (Wildman–Crippen MR) is 92.0 cm³/mol. The number of pyridine rings is 1. The predicted octanol–water partition coefficient (Wildman–Crippen LogP) is 3.79. The first kappa shape index (κ1) is 15.8. The highest BCUT2D eigenvalue weighted by Crippen LogP contribution is 2.24. The monoisotopic (exact) mass is 285 g/mol. The summed E-state index contributed by atoms with van der Waals surface area (Å²) in [6.45, 7) is 9.08. The second-order valence-corrected chi connectivity index (χ2v) is 5.50. The van der Waals surface area contributed by atoms with Gasteiger partial charge in [0, 0.05) is 30.9 Å². The number of benzene rings is 1. The summed E-state index contributed by atoms with van der Waals surface area (Å²) in [5, 5.41) is 1.24. The molecule has 1 aromatic heterocycles. The van der Waals surface area contributed by atoms with Crippen molar-refractivity contribution in [3.8, 4) is 0 Å². The topological polar surface area (TPSA) is 19.4 Å². The Morgan fingerprint density at radius 1 is 0.952 bits per heavy atom. The number of nitrogens with zero attached hydrogens (tertiary/aromatic N) is 3. The highest BCUT2D eigenvalue weighted by atomic mass is 15.1. The van der Waals surface area contributed by atoms with Crippen LogP contribution in [0, 0.1) is 0 Å². The van der Waals surface area contributed by atoms with Crippen LogP contribution in [0.15, 0.2) is 36.5 Å². The zero-order valence-electron chi connectivity index (χ0n) is 13.5. The summed E-state index contributed by atoms with van der Waals surface area (Å²) in [5.74, 6) is 0. The largest absolute Gasteiger partial charge is 0.374 e. The minimum atomic E-state index is 1.07. The molecule has 0 saturated heterocycles. The summed E-state index contributed by atoms with van der Waals surface area (Å²) < 4.78 is 0. The van der Waals surface area contributed by atoms with E-state index >= 15 is 0 Å². The molecule has 2 rings (SSSR count). The number of unbranched alkanes of at least 4 members (excludes halogenated alkanes) is 1. The number of fused-ring (bicyclic) bond motifs is 1. The number of para-hydroxylation sites is 1. The molecule has 0 radical (unpaired) electrons. The van der Waals surface area contributed by atoms with Gasteiger partial charge in [0.25, 0.3) is 0 Å². The summed E-state index contributed by atoms with van der Waals surface area (Å²) in [7, 11) is 2.18. The van der Waals surface area contributed by atoms with Crippen molar-refractivity contribution in [2.75, 3.05) is 38.1 Å². The Hall–Kier alpha value is -1.61. The zero-order chi connectivity index (χ0) is 15.1. The molecule has 0 amide bonds. The van der Waals surface area contributed by atoms with Crippen LogP contribution in [-0.2, 0) is 0 Å². The summed E-state index contributed by atoms with van der Waals surface area (Å²) in [6, 6.07) is 10.5. The molecule has 21 heavy (non-hydrogen) atoms. The summed E-state index contributed by atoms with van der Waals surface area (Å²) in [6.07, 6.45) is 4.39. The molecule has 3 heteroatoms. The molecular weight excluding hydrogens is 258 g/mol. The number of aromatic nitrogens is 1. The Labute approximate surface area is 128 Å². The quantitative estimate of drug-likeness (QED) is 0.688. The molecule has 0 saturated carbocycles. The number of hydrogen-bond donors (Lipinski definition) is 0. The van der Waals surface area contributed by atoms with Gasteiger partial charge in [0.2, 0.25) is 0 Å². The van der Waals surface area contributed by atoms with E-state index in [9.17, 15) is 0 Å². The Morgan fingerprint density at radius 3 is 2.43 bits per heavy atom. The van der Waals surface area contributed by atoms with Gasteiger partial charge < -0.3 is 9.80 Å². The summed E-state index contributed by atoms with van der Waals surface area (Å²) in [4.78, 5) is 9.27. The number of anilines is 1.